The zero-order valence-corrected chi connectivity index (χ0v) is 8.99. The minimum atomic E-state index is -3.59. The highest BCUT2D eigenvalue weighted by Crippen LogP contribution is 2.18. The molecule has 6 heteroatoms. The Morgan fingerprint density at radius 2 is 2.14 bits per heavy atom. The van der Waals surface area contributed by atoms with Crippen molar-refractivity contribution in [2.75, 3.05) is 6.54 Å². The molecule has 0 spiro atoms. The molecule has 0 saturated heterocycles. The number of nitrogens with two attached hydrogens (primary N) is 2. The molecule has 0 aromatic carbocycles. The van der Waals surface area contributed by atoms with E-state index in [1.807, 2.05) is 0 Å². The quantitative estimate of drug-likeness (QED) is 0.706. The molecule has 0 aliphatic carbocycles. The molecule has 1 aromatic rings. The number of sulfonamides is 1. The van der Waals surface area contributed by atoms with Crippen LogP contribution in [0, 0.1) is 11.8 Å². The summed E-state index contributed by atoms with van der Waals surface area (Å²) in [6, 6.07) is 3.08. The number of hydrogen-bond donors (Lipinski definition) is 2. The topological polar surface area (TPSA) is 86.2 Å². The van der Waals surface area contributed by atoms with Gasteiger partial charge in [-0.2, -0.15) is 0 Å². The van der Waals surface area contributed by atoms with Gasteiger partial charge >= 0.3 is 0 Å². The van der Waals surface area contributed by atoms with Crippen molar-refractivity contribution in [3.63, 3.8) is 0 Å². The summed E-state index contributed by atoms with van der Waals surface area (Å²) in [5.74, 6) is 5.62. The Labute approximate surface area is 87.0 Å². The molecule has 0 unspecified atom stereocenters. The van der Waals surface area contributed by atoms with E-state index in [0.717, 1.165) is 11.3 Å². The zero-order chi connectivity index (χ0) is 10.6. The lowest BCUT2D eigenvalue weighted by Gasteiger charge is -1.87. The van der Waals surface area contributed by atoms with E-state index in [1.54, 1.807) is 6.07 Å². The summed E-state index contributed by atoms with van der Waals surface area (Å²) in [5.41, 5.74) is 5.25. The van der Waals surface area contributed by atoms with Gasteiger partial charge < -0.3 is 5.73 Å². The fourth-order valence-electron chi connectivity index (χ4n) is 0.762. The molecule has 0 aliphatic rings. The molecule has 0 fully saturated rings. The Bertz CT molecular complexity index is 465. The smallest absolute Gasteiger partial charge is 0.247 e. The molecule has 14 heavy (non-hydrogen) atoms. The molecule has 0 atom stereocenters. The van der Waals surface area contributed by atoms with E-state index >= 15 is 0 Å². The van der Waals surface area contributed by atoms with Gasteiger partial charge in [0.15, 0.2) is 0 Å². The summed E-state index contributed by atoms with van der Waals surface area (Å²) >= 11 is 1.06. The molecule has 0 saturated carbocycles. The van der Waals surface area contributed by atoms with E-state index < -0.39 is 10.0 Å². The van der Waals surface area contributed by atoms with E-state index in [4.69, 9.17) is 10.9 Å². The molecule has 1 aromatic heterocycles. The first-order valence-corrected chi connectivity index (χ1v) is 6.22. The maximum Gasteiger partial charge on any atom is 0.247 e. The van der Waals surface area contributed by atoms with Crippen LogP contribution in [0.2, 0.25) is 0 Å². The van der Waals surface area contributed by atoms with Gasteiger partial charge in [-0.15, -0.1) is 11.3 Å². The van der Waals surface area contributed by atoms with Crippen LogP contribution in [-0.2, 0) is 10.0 Å². The van der Waals surface area contributed by atoms with E-state index in [9.17, 15) is 8.42 Å². The van der Waals surface area contributed by atoms with Crippen molar-refractivity contribution in [3.05, 3.63) is 17.0 Å². The summed E-state index contributed by atoms with van der Waals surface area (Å²) in [6.45, 7) is 0.500. The van der Waals surface area contributed by atoms with Crippen molar-refractivity contribution in [1.29, 1.82) is 0 Å². The number of rotatable bonds is 2. The molecular weight excluding hydrogens is 220 g/mol. The fraction of sp³-hybridized carbons (Fsp3) is 0.250. The van der Waals surface area contributed by atoms with Crippen LogP contribution in [0.4, 0.5) is 0 Å². The Hall–Kier alpha value is -0.870. The average molecular weight is 230 g/mol. The van der Waals surface area contributed by atoms with Crippen LogP contribution in [0.15, 0.2) is 16.3 Å². The normalized spacial score (nSPS) is 10.7. The highest BCUT2D eigenvalue weighted by Gasteiger charge is 2.09. The van der Waals surface area contributed by atoms with Crippen LogP contribution >= 0.6 is 11.3 Å². The Kier molecular flexibility index (Phi) is 3.66. The molecule has 0 aliphatic heterocycles. The fourth-order valence-corrected chi connectivity index (χ4v) is 2.37. The van der Waals surface area contributed by atoms with Crippen molar-refractivity contribution < 1.29 is 8.42 Å². The van der Waals surface area contributed by atoms with E-state index in [0.29, 0.717) is 17.8 Å². The van der Waals surface area contributed by atoms with E-state index in [1.165, 1.54) is 6.07 Å². The van der Waals surface area contributed by atoms with Crippen LogP contribution < -0.4 is 10.9 Å². The molecule has 0 radical (unpaired) electrons. The summed E-state index contributed by atoms with van der Waals surface area (Å²) in [7, 11) is -3.59. The minimum Gasteiger partial charge on any atom is -0.330 e. The molecule has 0 bridgehead atoms. The second-order valence-electron chi connectivity index (χ2n) is 2.50. The predicted molar refractivity (Wildman–Crippen MR) is 56.2 cm³/mol. The van der Waals surface area contributed by atoms with Gasteiger partial charge in [0, 0.05) is 13.0 Å². The summed E-state index contributed by atoms with van der Waals surface area (Å²) in [4.78, 5) is 0.683. The predicted octanol–water partition coefficient (Wildman–Crippen LogP) is 0.0958. The van der Waals surface area contributed by atoms with Crippen LogP contribution in [-0.4, -0.2) is 15.0 Å². The number of primary sulfonamides is 1. The molecule has 1 rings (SSSR count). The van der Waals surface area contributed by atoms with E-state index in [-0.39, 0.29) is 4.21 Å². The third-order valence-electron chi connectivity index (χ3n) is 1.34. The molecular formula is C8H10N2O2S2. The second kappa shape index (κ2) is 4.57. The van der Waals surface area contributed by atoms with Crippen LogP contribution in [0.5, 0.6) is 0 Å². The highest BCUT2D eigenvalue weighted by atomic mass is 32.2. The zero-order valence-electron chi connectivity index (χ0n) is 7.36. The Morgan fingerprint density at radius 1 is 1.43 bits per heavy atom. The second-order valence-corrected chi connectivity index (χ2v) is 5.38. The first kappa shape index (κ1) is 11.2. The van der Waals surface area contributed by atoms with Crippen molar-refractivity contribution in [2.24, 2.45) is 10.9 Å². The van der Waals surface area contributed by atoms with Gasteiger partial charge in [0.25, 0.3) is 0 Å². The highest BCUT2D eigenvalue weighted by molar-refractivity contribution is 7.91. The van der Waals surface area contributed by atoms with Crippen LogP contribution in [0.3, 0.4) is 0 Å². The molecule has 76 valence electrons. The SMILES string of the molecule is NCCC#Cc1ccc(S(N)(=O)=O)s1. The van der Waals surface area contributed by atoms with Crippen molar-refractivity contribution >= 4 is 21.4 Å². The third kappa shape index (κ3) is 3.12. The lowest BCUT2D eigenvalue weighted by molar-refractivity contribution is 0.600. The van der Waals surface area contributed by atoms with Gasteiger partial charge in [0.2, 0.25) is 10.0 Å². The van der Waals surface area contributed by atoms with Gasteiger partial charge in [-0.05, 0) is 12.1 Å². The first-order chi connectivity index (χ1) is 6.54. The first-order valence-electron chi connectivity index (χ1n) is 3.85. The number of hydrogen-bond acceptors (Lipinski definition) is 4. The third-order valence-corrected chi connectivity index (χ3v) is 3.78. The standard InChI is InChI=1S/C8H10N2O2S2/c9-6-2-1-3-7-4-5-8(13-7)14(10,11)12/h4-5H,2,6,9H2,(H2,10,11,12). The van der Waals surface area contributed by atoms with Crippen LogP contribution in [0.25, 0.3) is 0 Å². The van der Waals surface area contributed by atoms with Gasteiger partial charge in [-0.1, -0.05) is 11.8 Å². The van der Waals surface area contributed by atoms with Gasteiger partial charge in [-0.25, -0.2) is 13.6 Å². The molecule has 4 nitrogen and oxygen atoms in total. The lowest BCUT2D eigenvalue weighted by atomic mass is 10.4. The summed E-state index contributed by atoms with van der Waals surface area (Å²) in [5, 5.41) is 4.94. The van der Waals surface area contributed by atoms with Crippen molar-refractivity contribution in [2.45, 2.75) is 10.6 Å². The Morgan fingerprint density at radius 3 is 2.64 bits per heavy atom. The van der Waals surface area contributed by atoms with Crippen molar-refractivity contribution in [3.8, 4) is 11.8 Å². The molecule has 0 amide bonds. The lowest BCUT2D eigenvalue weighted by Crippen LogP contribution is -2.09. The van der Waals surface area contributed by atoms with Gasteiger partial charge in [-0.3, -0.25) is 0 Å². The summed E-state index contributed by atoms with van der Waals surface area (Å²) in [6.07, 6.45) is 0.600. The Balaban J connectivity index is 2.86. The monoisotopic (exact) mass is 230 g/mol. The maximum absolute atomic E-state index is 10.9. The van der Waals surface area contributed by atoms with Gasteiger partial charge in [0.05, 0.1) is 4.88 Å². The molecule has 1 heterocycles. The maximum atomic E-state index is 10.9. The largest absolute Gasteiger partial charge is 0.330 e. The average Bonchev–Trinajstić information content (AvgIpc) is 2.52. The number of thiophene rings is 1. The van der Waals surface area contributed by atoms with Crippen LogP contribution in [0.1, 0.15) is 11.3 Å². The van der Waals surface area contributed by atoms with Crippen molar-refractivity contribution in [1.82, 2.24) is 0 Å². The van der Waals surface area contributed by atoms with Gasteiger partial charge in [0.1, 0.15) is 4.21 Å². The van der Waals surface area contributed by atoms with E-state index in [2.05, 4.69) is 11.8 Å². The minimum absolute atomic E-state index is 0.134. The molecule has 4 N–H and O–H groups in total. The summed E-state index contributed by atoms with van der Waals surface area (Å²) < 4.78 is 21.9.